The molecule has 1 fully saturated rings. The summed E-state index contributed by atoms with van der Waals surface area (Å²) < 4.78 is 6.18. The van der Waals surface area contributed by atoms with Gasteiger partial charge in [0.25, 0.3) is 5.91 Å². The lowest BCUT2D eigenvalue weighted by atomic mass is 10.1. The molecule has 1 aromatic carbocycles. The van der Waals surface area contributed by atoms with Crippen LogP contribution < -0.4 is 0 Å². The average molecular weight is 328 g/mol. The Morgan fingerprint density at radius 2 is 2.32 bits per heavy atom. The number of aryl methyl sites for hydroxylation is 1. The van der Waals surface area contributed by atoms with Crippen LogP contribution in [-0.2, 0) is 4.74 Å². The molecule has 4 nitrogen and oxygen atoms in total. The van der Waals surface area contributed by atoms with Crippen LogP contribution in [0, 0.1) is 6.92 Å². The number of rotatable bonds is 3. The summed E-state index contributed by atoms with van der Waals surface area (Å²) in [6, 6.07) is 5.50. The Hall–Kier alpha value is -0.910. The fourth-order valence-electron chi connectivity index (χ4n) is 2.45. The molecule has 1 aliphatic heterocycles. The molecule has 5 heteroatoms. The van der Waals surface area contributed by atoms with Crippen molar-refractivity contribution in [2.24, 2.45) is 0 Å². The first-order valence-electron chi connectivity index (χ1n) is 6.27. The lowest BCUT2D eigenvalue weighted by Crippen LogP contribution is -2.38. The Balaban J connectivity index is 2.25. The number of carbonyl (C=O) groups is 1. The SMILES string of the molecule is CO[C@@H]1C[C@@H](CO)N(C(=O)c2cc(Br)ccc2C)C1. The summed E-state index contributed by atoms with van der Waals surface area (Å²) in [4.78, 5) is 14.3. The van der Waals surface area contributed by atoms with E-state index in [1.54, 1.807) is 12.0 Å². The fraction of sp³-hybridized carbons (Fsp3) is 0.500. The molecule has 0 saturated carbocycles. The third kappa shape index (κ3) is 2.99. The number of nitrogens with zero attached hydrogens (tertiary/aromatic N) is 1. The van der Waals surface area contributed by atoms with Gasteiger partial charge in [-0.25, -0.2) is 0 Å². The highest BCUT2D eigenvalue weighted by Crippen LogP contribution is 2.24. The van der Waals surface area contributed by atoms with Gasteiger partial charge < -0.3 is 14.7 Å². The van der Waals surface area contributed by atoms with Gasteiger partial charge in [0.05, 0.1) is 18.8 Å². The molecule has 0 radical (unpaired) electrons. The van der Waals surface area contributed by atoms with Crippen molar-refractivity contribution in [3.05, 3.63) is 33.8 Å². The van der Waals surface area contributed by atoms with E-state index in [-0.39, 0.29) is 24.7 Å². The minimum absolute atomic E-state index is 0.00793. The highest BCUT2D eigenvalue weighted by atomic mass is 79.9. The van der Waals surface area contributed by atoms with Crippen LogP contribution >= 0.6 is 15.9 Å². The van der Waals surface area contributed by atoms with Crippen molar-refractivity contribution < 1.29 is 14.6 Å². The molecular weight excluding hydrogens is 310 g/mol. The zero-order valence-electron chi connectivity index (χ0n) is 11.1. The number of aliphatic hydroxyl groups is 1. The van der Waals surface area contributed by atoms with Gasteiger partial charge in [0, 0.05) is 23.7 Å². The Bertz CT molecular complexity index is 478. The third-order valence-corrected chi connectivity index (χ3v) is 4.10. The maximum absolute atomic E-state index is 12.6. The summed E-state index contributed by atoms with van der Waals surface area (Å²) in [6.07, 6.45) is 0.694. The van der Waals surface area contributed by atoms with Gasteiger partial charge in [-0.1, -0.05) is 22.0 Å². The Kier molecular flexibility index (Phi) is 4.60. The van der Waals surface area contributed by atoms with Gasteiger partial charge in [0.2, 0.25) is 0 Å². The second-order valence-corrected chi connectivity index (χ2v) is 5.76. The Morgan fingerprint density at radius 1 is 1.58 bits per heavy atom. The number of benzene rings is 1. The number of methoxy groups -OCH3 is 1. The molecule has 1 aliphatic rings. The first kappa shape index (κ1) is 14.5. The van der Waals surface area contributed by atoms with E-state index in [2.05, 4.69) is 15.9 Å². The molecule has 2 atom stereocenters. The minimum Gasteiger partial charge on any atom is -0.394 e. The molecule has 0 bridgehead atoms. The van der Waals surface area contributed by atoms with Crippen molar-refractivity contribution in [2.75, 3.05) is 20.3 Å². The van der Waals surface area contributed by atoms with Gasteiger partial charge in [-0.15, -0.1) is 0 Å². The van der Waals surface area contributed by atoms with E-state index in [0.717, 1.165) is 10.0 Å². The largest absolute Gasteiger partial charge is 0.394 e. The van der Waals surface area contributed by atoms with Crippen LogP contribution in [0.5, 0.6) is 0 Å². The molecule has 0 unspecified atom stereocenters. The number of hydrogen-bond donors (Lipinski definition) is 1. The summed E-state index contributed by atoms with van der Waals surface area (Å²) in [6.45, 7) is 2.42. The smallest absolute Gasteiger partial charge is 0.254 e. The number of ether oxygens (including phenoxy) is 1. The quantitative estimate of drug-likeness (QED) is 0.923. The number of aliphatic hydroxyl groups excluding tert-OH is 1. The normalized spacial score (nSPS) is 22.8. The van der Waals surface area contributed by atoms with E-state index in [4.69, 9.17) is 4.74 Å². The second kappa shape index (κ2) is 6.03. The molecule has 0 spiro atoms. The molecule has 2 rings (SSSR count). The highest BCUT2D eigenvalue weighted by molar-refractivity contribution is 9.10. The summed E-state index contributed by atoms with van der Waals surface area (Å²) in [5, 5.41) is 9.41. The monoisotopic (exact) mass is 327 g/mol. The predicted molar refractivity (Wildman–Crippen MR) is 76.2 cm³/mol. The third-order valence-electron chi connectivity index (χ3n) is 3.61. The summed E-state index contributed by atoms with van der Waals surface area (Å²) in [7, 11) is 1.64. The highest BCUT2D eigenvalue weighted by Gasteiger charge is 2.35. The van der Waals surface area contributed by atoms with Crippen molar-refractivity contribution in [2.45, 2.75) is 25.5 Å². The van der Waals surface area contributed by atoms with Gasteiger partial charge in [-0.05, 0) is 31.0 Å². The van der Waals surface area contributed by atoms with Crippen LogP contribution in [0.15, 0.2) is 22.7 Å². The molecular formula is C14H18BrNO3. The zero-order chi connectivity index (χ0) is 14.0. The van der Waals surface area contributed by atoms with Crippen LogP contribution in [-0.4, -0.2) is 48.3 Å². The van der Waals surface area contributed by atoms with Crippen molar-refractivity contribution in [3.63, 3.8) is 0 Å². The number of halogens is 1. The van der Waals surface area contributed by atoms with Crippen LogP contribution in [0.4, 0.5) is 0 Å². The average Bonchev–Trinajstić information content (AvgIpc) is 2.84. The maximum atomic E-state index is 12.6. The van der Waals surface area contributed by atoms with Gasteiger partial charge in [-0.3, -0.25) is 4.79 Å². The van der Waals surface area contributed by atoms with E-state index in [0.29, 0.717) is 18.5 Å². The summed E-state index contributed by atoms with van der Waals surface area (Å²) >= 11 is 3.39. The van der Waals surface area contributed by atoms with Crippen LogP contribution in [0.1, 0.15) is 22.3 Å². The van der Waals surface area contributed by atoms with E-state index < -0.39 is 0 Å². The molecule has 19 heavy (non-hydrogen) atoms. The first-order valence-corrected chi connectivity index (χ1v) is 7.07. The Morgan fingerprint density at radius 3 is 2.95 bits per heavy atom. The molecule has 104 valence electrons. The number of carbonyl (C=O) groups excluding carboxylic acids is 1. The maximum Gasteiger partial charge on any atom is 0.254 e. The predicted octanol–water partition coefficient (Wildman–Crippen LogP) is 1.98. The topological polar surface area (TPSA) is 49.8 Å². The van der Waals surface area contributed by atoms with E-state index in [9.17, 15) is 9.90 Å². The lowest BCUT2D eigenvalue weighted by Gasteiger charge is -2.23. The molecule has 1 N–H and O–H groups in total. The molecule has 1 amide bonds. The summed E-state index contributed by atoms with van der Waals surface area (Å²) in [5.41, 5.74) is 1.61. The van der Waals surface area contributed by atoms with Crippen molar-refractivity contribution >= 4 is 21.8 Å². The van der Waals surface area contributed by atoms with Gasteiger partial charge >= 0.3 is 0 Å². The van der Waals surface area contributed by atoms with Crippen molar-refractivity contribution in [3.8, 4) is 0 Å². The van der Waals surface area contributed by atoms with E-state index >= 15 is 0 Å². The zero-order valence-corrected chi connectivity index (χ0v) is 12.7. The number of likely N-dealkylation sites (tertiary alicyclic amines) is 1. The standard InChI is InChI=1S/C14H18BrNO3/c1-9-3-4-10(15)5-13(9)14(18)16-7-12(19-2)6-11(16)8-17/h3-5,11-12,17H,6-8H2,1-2H3/t11-,12+/m0/s1. The minimum atomic E-state index is -0.157. The molecule has 1 aromatic rings. The Labute approximate surface area is 121 Å². The fourth-order valence-corrected chi connectivity index (χ4v) is 2.81. The van der Waals surface area contributed by atoms with Crippen LogP contribution in [0.2, 0.25) is 0 Å². The van der Waals surface area contributed by atoms with Crippen molar-refractivity contribution in [1.82, 2.24) is 4.90 Å². The molecule has 1 heterocycles. The number of hydrogen-bond acceptors (Lipinski definition) is 3. The second-order valence-electron chi connectivity index (χ2n) is 4.85. The van der Waals surface area contributed by atoms with E-state index in [1.165, 1.54) is 0 Å². The van der Waals surface area contributed by atoms with Gasteiger partial charge in [0.15, 0.2) is 0 Å². The number of amides is 1. The van der Waals surface area contributed by atoms with Crippen molar-refractivity contribution in [1.29, 1.82) is 0 Å². The van der Waals surface area contributed by atoms with Gasteiger partial charge in [0.1, 0.15) is 0 Å². The van der Waals surface area contributed by atoms with Gasteiger partial charge in [-0.2, -0.15) is 0 Å². The molecule has 0 aromatic heterocycles. The lowest BCUT2D eigenvalue weighted by molar-refractivity contribution is 0.0647. The molecule has 0 aliphatic carbocycles. The summed E-state index contributed by atoms with van der Waals surface area (Å²) in [5.74, 6) is -0.0441. The molecule has 1 saturated heterocycles. The van der Waals surface area contributed by atoms with Crippen LogP contribution in [0.3, 0.4) is 0 Å². The van der Waals surface area contributed by atoms with E-state index in [1.807, 2.05) is 25.1 Å². The van der Waals surface area contributed by atoms with Crippen LogP contribution in [0.25, 0.3) is 0 Å². The first-order chi connectivity index (χ1) is 9.06.